The number of hydrogen-bond acceptors (Lipinski definition) is 5. The van der Waals surface area contributed by atoms with Crippen molar-refractivity contribution in [3.8, 4) is 5.88 Å². The SMILES string of the molecule is COc1ccc(C(=O)NNC(=O)c2cccc(N(C)C)c2)cn1. The van der Waals surface area contributed by atoms with E-state index in [0.29, 0.717) is 17.0 Å². The zero-order chi connectivity index (χ0) is 16.8. The summed E-state index contributed by atoms with van der Waals surface area (Å²) in [5.41, 5.74) is 6.38. The van der Waals surface area contributed by atoms with Gasteiger partial charge < -0.3 is 9.64 Å². The number of nitrogens with zero attached hydrogens (tertiary/aromatic N) is 2. The van der Waals surface area contributed by atoms with Gasteiger partial charge in [-0.2, -0.15) is 0 Å². The highest BCUT2D eigenvalue weighted by molar-refractivity contribution is 5.99. The summed E-state index contributed by atoms with van der Waals surface area (Å²) in [6.07, 6.45) is 1.37. The van der Waals surface area contributed by atoms with Crippen LogP contribution in [-0.4, -0.2) is 38.0 Å². The molecule has 0 aliphatic heterocycles. The molecule has 0 bridgehead atoms. The number of ether oxygens (including phenoxy) is 1. The molecule has 0 fully saturated rings. The minimum absolute atomic E-state index is 0.313. The van der Waals surface area contributed by atoms with Crippen LogP contribution in [0.25, 0.3) is 0 Å². The van der Waals surface area contributed by atoms with Gasteiger partial charge in [0.25, 0.3) is 11.8 Å². The third-order valence-electron chi connectivity index (χ3n) is 3.12. The number of nitrogens with one attached hydrogen (secondary N) is 2. The van der Waals surface area contributed by atoms with Gasteiger partial charge in [0, 0.05) is 37.6 Å². The molecule has 0 aliphatic rings. The Labute approximate surface area is 134 Å². The lowest BCUT2D eigenvalue weighted by Gasteiger charge is -2.13. The number of carbonyl (C=O) groups is 2. The van der Waals surface area contributed by atoms with Crippen molar-refractivity contribution in [1.29, 1.82) is 0 Å². The number of hydrogen-bond donors (Lipinski definition) is 2. The number of pyridine rings is 1. The molecule has 1 heterocycles. The number of aromatic nitrogens is 1. The molecule has 0 unspecified atom stereocenters. The fourth-order valence-electron chi connectivity index (χ4n) is 1.82. The number of anilines is 1. The molecular formula is C16H18N4O3. The van der Waals surface area contributed by atoms with Gasteiger partial charge in [-0.15, -0.1) is 0 Å². The fourth-order valence-corrected chi connectivity index (χ4v) is 1.82. The normalized spacial score (nSPS) is 9.87. The lowest BCUT2D eigenvalue weighted by atomic mass is 10.2. The van der Waals surface area contributed by atoms with Crippen LogP contribution in [0.5, 0.6) is 5.88 Å². The van der Waals surface area contributed by atoms with Crippen molar-refractivity contribution in [3.63, 3.8) is 0 Å². The Morgan fingerprint density at radius 1 is 1.04 bits per heavy atom. The number of rotatable bonds is 4. The van der Waals surface area contributed by atoms with Crippen molar-refractivity contribution in [2.24, 2.45) is 0 Å². The Balaban J connectivity index is 1.98. The predicted molar refractivity (Wildman–Crippen MR) is 86.5 cm³/mol. The third kappa shape index (κ3) is 4.19. The maximum atomic E-state index is 12.1. The zero-order valence-corrected chi connectivity index (χ0v) is 13.2. The molecule has 0 atom stereocenters. The summed E-state index contributed by atoms with van der Waals surface area (Å²) < 4.78 is 4.92. The first-order valence-corrected chi connectivity index (χ1v) is 6.89. The molecule has 0 saturated carbocycles. The molecule has 7 nitrogen and oxygen atoms in total. The number of carbonyl (C=O) groups excluding carboxylic acids is 2. The first kappa shape index (κ1) is 16.3. The molecule has 0 radical (unpaired) electrons. The highest BCUT2D eigenvalue weighted by atomic mass is 16.5. The second kappa shape index (κ2) is 7.26. The van der Waals surface area contributed by atoms with E-state index in [4.69, 9.17) is 4.74 Å². The standard InChI is InChI=1S/C16H18N4O3/c1-20(2)13-6-4-5-11(9-13)15(21)18-19-16(22)12-7-8-14(23-3)17-10-12/h4-10H,1-3H3,(H,18,21)(H,19,22). The van der Waals surface area contributed by atoms with Crippen molar-refractivity contribution in [3.05, 3.63) is 53.7 Å². The van der Waals surface area contributed by atoms with Crippen LogP contribution in [-0.2, 0) is 0 Å². The van der Waals surface area contributed by atoms with Gasteiger partial charge in [-0.3, -0.25) is 20.4 Å². The smallest absolute Gasteiger partial charge is 0.271 e. The second-order valence-electron chi connectivity index (χ2n) is 4.94. The number of amides is 2. The summed E-state index contributed by atoms with van der Waals surface area (Å²) in [4.78, 5) is 29.8. The first-order valence-electron chi connectivity index (χ1n) is 6.89. The van der Waals surface area contributed by atoms with Gasteiger partial charge in [0.1, 0.15) is 0 Å². The molecule has 1 aromatic heterocycles. The first-order chi connectivity index (χ1) is 11.0. The molecule has 2 aromatic rings. The molecule has 2 rings (SSSR count). The average molecular weight is 314 g/mol. The van der Waals surface area contributed by atoms with Crippen molar-refractivity contribution < 1.29 is 14.3 Å². The largest absolute Gasteiger partial charge is 0.481 e. The van der Waals surface area contributed by atoms with Gasteiger partial charge in [0.15, 0.2) is 0 Å². The fraction of sp³-hybridized carbons (Fsp3) is 0.188. The summed E-state index contributed by atoms with van der Waals surface area (Å²) in [6.45, 7) is 0. The van der Waals surface area contributed by atoms with Gasteiger partial charge in [0.2, 0.25) is 5.88 Å². The number of benzene rings is 1. The van der Waals surface area contributed by atoms with E-state index in [2.05, 4.69) is 15.8 Å². The van der Waals surface area contributed by atoms with Crippen LogP contribution in [0.3, 0.4) is 0 Å². The van der Waals surface area contributed by atoms with Crippen molar-refractivity contribution in [1.82, 2.24) is 15.8 Å². The number of methoxy groups -OCH3 is 1. The third-order valence-corrected chi connectivity index (χ3v) is 3.12. The van der Waals surface area contributed by atoms with Crippen LogP contribution in [0.1, 0.15) is 20.7 Å². The lowest BCUT2D eigenvalue weighted by Crippen LogP contribution is -2.41. The summed E-state index contributed by atoms with van der Waals surface area (Å²) >= 11 is 0. The predicted octanol–water partition coefficient (Wildman–Crippen LogP) is 1.23. The zero-order valence-electron chi connectivity index (χ0n) is 13.2. The Morgan fingerprint density at radius 3 is 2.30 bits per heavy atom. The van der Waals surface area contributed by atoms with Crippen LogP contribution in [0, 0.1) is 0 Å². The molecule has 0 spiro atoms. The molecule has 2 amide bonds. The van der Waals surface area contributed by atoms with Gasteiger partial charge in [-0.25, -0.2) is 4.98 Å². The molecule has 120 valence electrons. The van der Waals surface area contributed by atoms with Crippen LogP contribution in [0.15, 0.2) is 42.6 Å². The van der Waals surface area contributed by atoms with Gasteiger partial charge in [0.05, 0.1) is 12.7 Å². The van der Waals surface area contributed by atoms with Crippen LogP contribution >= 0.6 is 0 Å². The Hall–Kier alpha value is -3.09. The van der Waals surface area contributed by atoms with E-state index in [-0.39, 0.29) is 0 Å². The summed E-state index contributed by atoms with van der Waals surface area (Å²) in [6, 6.07) is 10.2. The monoisotopic (exact) mass is 314 g/mol. The van der Waals surface area contributed by atoms with Gasteiger partial charge in [-0.1, -0.05) is 6.07 Å². The Bertz CT molecular complexity index is 699. The van der Waals surface area contributed by atoms with Crippen LogP contribution < -0.4 is 20.5 Å². The highest BCUT2D eigenvalue weighted by Gasteiger charge is 2.10. The molecular weight excluding hydrogens is 296 g/mol. The van der Waals surface area contributed by atoms with E-state index < -0.39 is 11.8 Å². The van der Waals surface area contributed by atoms with E-state index in [1.807, 2.05) is 25.1 Å². The summed E-state index contributed by atoms with van der Waals surface area (Å²) in [7, 11) is 5.26. The molecule has 1 aromatic carbocycles. The quantitative estimate of drug-likeness (QED) is 0.829. The maximum absolute atomic E-state index is 12.1. The van der Waals surface area contributed by atoms with E-state index in [9.17, 15) is 9.59 Å². The van der Waals surface area contributed by atoms with Crippen molar-refractivity contribution >= 4 is 17.5 Å². The minimum Gasteiger partial charge on any atom is -0.481 e. The van der Waals surface area contributed by atoms with Crippen molar-refractivity contribution in [2.45, 2.75) is 0 Å². The van der Waals surface area contributed by atoms with E-state index >= 15 is 0 Å². The lowest BCUT2D eigenvalue weighted by molar-refractivity contribution is 0.0846. The Kier molecular flexibility index (Phi) is 5.14. The summed E-state index contributed by atoms with van der Waals surface area (Å²) in [5.74, 6) is -0.452. The molecule has 2 N–H and O–H groups in total. The topological polar surface area (TPSA) is 83.6 Å². The van der Waals surface area contributed by atoms with Gasteiger partial charge in [-0.05, 0) is 24.3 Å². The second-order valence-corrected chi connectivity index (χ2v) is 4.94. The van der Waals surface area contributed by atoms with Crippen LogP contribution in [0.2, 0.25) is 0 Å². The molecule has 0 aliphatic carbocycles. The maximum Gasteiger partial charge on any atom is 0.271 e. The van der Waals surface area contributed by atoms with E-state index in [1.54, 1.807) is 30.3 Å². The van der Waals surface area contributed by atoms with E-state index in [0.717, 1.165) is 5.69 Å². The number of hydrazine groups is 1. The highest BCUT2D eigenvalue weighted by Crippen LogP contribution is 2.13. The Morgan fingerprint density at radius 2 is 1.74 bits per heavy atom. The molecule has 7 heteroatoms. The summed E-state index contributed by atoms with van der Waals surface area (Å²) in [5, 5.41) is 0. The molecule has 23 heavy (non-hydrogen) atoms. The van der Waals surface area contributed by atoms with Crippen molar-refractivity contribution in [2.75, 3.05) is 26.1 Å². The minimum atomic E-state index is -0.461. The average Bonchev–Trinajstić information content (AvgIpc) is 2.59. The van der Waals surface area contributed by atoms with Crippen LogP contribution in [0.4, 0.5) is 5.69 Å². The van der Waals surface area contributed by atoms with E-state index in [1.165, 1.54) is 13.3 Å². The molecule has 0 saturated heterocycles. The van der Waals surface area contributed by atoms with Gasteiger partial charge >= 0.3 is 0 Å².